The van der Waals surface area contributed by atoms with E-state index in [9.17, 15) is 0 Å². The minimum Gasteiger partial charge on any atom is -0.255 e. The summed E-state index contributed by atoms with van der Waals surface area (Å²) in [5.74, 6) is 0. The Bertz CT molecular complexity index is 3440. The van der Waals surface area contributed by atoms with Crippen LogP contribution in [-0.4, -0.2) is 112 Å². The van der Waals surface area contributed by atoms with Gasteiger partial charge in [0, 0.05) is 48.4 Å². The molecule has 2 aromatic carbocycles. The van der Waals surface area contributed by atoms with Crippen LogP contribution in [-0.2, 0) is 126 Å². The minimum absolute atomic E-state index is 0.00343. The van der Waals surface area contributed by atoms with Gasteiger partial charge in [-0.3, -0.25) is 52.0 Å². The SMILES string of the molecule is CC(C)(C)[N-]Cc1cccc(C[PH+](C(C)(C)C)C(C)(C)C)n1.CC(C)(C)[PH+](Cc1cccc(-c2ccccn2)n1)C(C)(C)C.CCN(CC)Cc1cccc(C[PH+](C(C)(C)C)C(C)(C)C)n1.[CH-]=O.[CH-]=O.[CH-]=O.[CH-]=O.[Cl][RuH+2].[Cl][RuH+2].[Cl][RuH].[Cl][RuH].c1ccc([PH+](Cc2cccc(-c3ccccn3)n2)c2ccccc2)cc1. The first-order valence-electron chi connectivity index (χ1n) is 35.1. The van der Waals surface area contributed by atoms with Crippen LogP contribution < -0.4 is 10.6 Å². The zero-order chi connectivity index (χ0) is 84.1. The monoisotopic (exact) mass is 1980 g/mol. The number of nitrogens with zero attached hydrogens (tertiary/aromatic N) is 8. The predicted molar refractivity (Wildman–Crippen MR) is 472 cm³/mol. The largest absolute Gasteiger partial charge is 0.255 e. The molecule has 6 aromatic heterocycles. The van der Waals surface area contributed by atoms with E-state index in [1.165, 1.54) is 33.4 Å². The molecule has 0 fully saturated rings. The third-order valence-electron chi connectivity index (χ3n) is 16.3. The van der Waals surface area contributed by atoms with Gasteiger partial charge in [0.25, 0.3) is 0 Å². The molecule has 0 saturated heterocycles. The summed E-state index contributed by atoms with van der Waals surface area (Å²) < 4.78 is 0. The first kappa shape index (κ1) is 112. The molecule has 604 valence electrons. The predicted octanol–water partition coefficient (Wildman–Crippen LogP) is 21.8. The van der Waals surface area contributed by atoms with E-state index in [-0.39, 0.29) is 5.54 Å². The number of halogens is 4. The van der Waals surface area contributed by atoms with Gasteiger partial charge in [-0.25, -0.2) is 9.97 Å². The Hall–Kier alpha value is -2.69. The van der Waals surface area contributed by atoms with Crippen molar-refractivity contribution in [3.8, 4) is 22.8 Å². The molecule has 0 atom stereocenters. The van der Waals surface area contributed by atoms with Crippen LogP contribution in [0.3, 0.4) is 0 Å². The molecule has 8 rings (SSSR count). The van der Waals surface area contributed by atoms with E-state index < -0.39 is 31.7 Å². The summed E-state index contributed by atoms with van der Waals surface area (Å²) in [6.07, 6.45) is 7.97. The molecule has 0 radical (unpaired) electrons. The average Bonchev–Trinajstić information content (AvgIpc) is 0.835. The fourth-order valence-electron chi connectivity index (χ4n) is 12.2. The van der Waals surface area contributed by atoms with Crippen LogP contribution in [0.5, 0.6) is 0 Å². The van der Waals surface area contributed by atoms with Crippen LogP contribution in [0.4, 0.5) is 0 Å². The average molecular weight is 1980 g/mol. The summed E-state index contributed by atoms with van der Waals surface area (Å²) in [4.78, 5) is 61.9. The normalized spacial score (nSPS) is 11.1. The number of rotatable bonds is 18. The number of benzene rings is 2. The minimum atomic E-state index is -0.933. The zero-order valence-corrected chi connectivity index (χ0v) is 82.5. The van der Waals surface area contributed by atoms with Crippen molar-refractivity contribution >= 4 is 108 Å². The maximum absolute atomic E-state index is 7.75. The van der Waals surface area contributed by atoms with Gasteiger partial charge in [0.15, 0.2) is 0 Å². The maximum Gasteiger partial charge on any atom is 0.108 e. The van der Waals surface area contributed by atoms with Crippen LogP contribution in [0.15, 0.2) is 182 Å². The first-order chi connectivity index (χ1) is 50.9. The van der Waals surface area contributed by atoms with Gasteiger partial charge < -0.3 is 24.5 Å². The molecule has 0 aliphatic carbocycles. The Kier molecular flexibility index (Phi) is 62.9. The van der Waals surface area contributed by atoms with Gasteiger partial charge in [-0.1, -0.05) is 107 Å². The van der Waals surface area contributed by atoms with Crippen molar-refractivity contribution in [2.45, 2.75) is 233 Å². The molecule has 0 aliphatic rings. The van der Waals surface area contributed by atoms with E-state index in [2.05, 4.69) is 361 Å². The Morgan fingerprint density at radius 2 is 0.602 bits per heavy atom. The zero-order valence-electron chi connectivity index (χ0n) is 68.0. The van der Waals surface area contributed by atoms with E-state index in [0.29, 0.717) is 37.5 Å². The molecule has 6 heterocycles. The summed E-state index contributed by atoms with van der Waals surface area (Å²) in [6, 6.07) is 59.1. The maximum atomic E-state index is 7.75. The van der Waals surface area contributed by atoms with Gasteiger partial charge in [0.05, 0.1) is 113 Å². The second kappa shape index (κ2) is 60.8. The molecule has 0 spiro atoms. The Morgan fingerprint density at radius 1 is 0.343 bits per heavy atom. The number of hydrogen-bond donors (Lipinski definition) is 0. The number of carbonyl (C=O) groups excluding carboxylic acids is 4. The van der Waals surface area contributed by atoms with Gasteiger partial charge >= 0.3 is 108 Å². The molecule has 0 N–H and O–H groups in total. The summed E-state index contributed by atoms with van der Waals surface area (Å²) in [6.45, 7) is 70.6. The molecular weight excluding hydrogens is 1850 g/mol. The van der Waals surface area contributed by atoms with Gasteiger partial charge in [0.2, 0.25) is 0 Å². The Labute approximate surface area is 715 Å². The number of pyridine rings is 6. The third-order valence-corrected chi connectivity index (χ3v) is 32.1. The standard InChI is InChI=1S/C23H19N2P.C19H27N2P.C19H34N2P.C19H35N2P.4CHO.4ClH.4Ru.4H/c1-3-11-20(12-4-1)26(21-13-5-2-6-14-21)18-19-10-9-16-23(25-19)22-15-7-8-17-24-22;1-18(2,3)22(19(4,5)6)14-15-10-9-12-17(21-15)16-11-7-8-13-20-16;1-17(2,3)20-13-15-11-10-12-16(21-15)14-22(18(4,5)6)19(7,8)9;1-9-21(10-2)14-16-12-11-13-17(20-16)15-22(18(3,4)5)19(6,7)8;4*1-2;;;;;;;;;;;;/h1-17H,18H2;7-13H,14H2,1-6H3;10-12H,13-14H2,1-9H3;11-13H,9-10,14-15H2,1-8H3;4*1H;4*1H;;;;;;;;/q;;-1;;4*-1;;;;;2*+1;2*+3;;;;. The van der Waals surface area contributed by atoms with Crippen LogP contribution in [0.1, 0.15) is 193 Å². The van der Waals surface area contributed by atoms with Gasteiger partial charge in [0.1, 0.15) is 12.3 Å². The van der Waals surface area contributed by atoms with Crippen molar-refractivity contribution in [2.24, 2.45) is 0 Å². The molecule has 0 amide bonds. The second-order valence-corrected chi connectivity index (χ2v) is 46.9. The van der Waals surface area contributed by atoms with E-state index in [1.54, 1.807) is 69.2 Å². The molecule has 0 aliphatic heterocycles. The summed E-state index contributed by atoms with van der Waals surface area (Å²) in [5.41, 5.74) is 10.9. The number of hydrogen-bond acceptors (Lipinski definition) is 11. The fourth-order valence-corrected chi connectivity index (χ4v) is 26.3. The summed E-state index contributed by atoms with van der Waals surface area (Å²) in [7, 11) is 15.8. The first-order valence-corrected chi connectivity index (χ1v) is 51.5. The van der Waals surface area contributed by atoms with Crippen molar-refractivity contribution < 1.29 is 88.4 Å². The molecule has 0 saturated carbocycles. The van der Waals surface area contributed by atoms with Crippen molar-refractivity contribution in [3.05, 3.63) is 222 Å². The third kappa shape index (κ3) is 47.2. The molecule has 8 aromatic rings. The fraction of sp³-hybridized carbons (Fsp3) is 0.452. The van der Waals surface area contributed by atoms with E-state index in [4.69, 9.17) is 44.4 Å². The van der Waals surface area contributed by atoms with Crippen LogP contribution in [0, 0.1) is 0 Å². The molecule has 108 heavy (non-hydrogen) atoms. The van der Waals surface area contributed by atoms with Crippen LogP contribution in [0.2, 0.25) is 0 Å². The number of aromatic nitrogens is 6. The topological polar surface area (TPSA) is 163 Å². The summed E-state index contributed by atoms with van der Waals surface area (Å²) in [5, 5.41) is 9.74. The molecule has 12 nitrogen and oxygen atoms in total. The Morgan fingerprint density at radius 3 is 0.889 bits per heavy atom. The van der Waals surface area contributed by atoms with Crippen molar-refractivity contribution in [3.63, 3.8) is 0 Å². The molecule has 0 bridgehead atoms. The molecule has 0 unspecified atom stereocenters. The van der Waals surface area contributed by atoms with Gasteiger partial charge in [-0.05, 0) is 235 Å². The van der Waals surface area contributed by atoms with Gasteiger partial charge in [-0.2, -0.15) is 0 Å². The van der Waals surface area contributed by atoms with Crippen molar-refractivity contribution in [1.82, 2.24) is 34.8 Å². The van der Waals surface area contributed by atoms with Gasteiger partial charge in [-0.15, -0.1) is 12.1 Å². The van der Waals surface area contributed by atoms with Crippen LogP contribution >= 0.6 is 70.5 Å². The Balaban J connectivity index is -0.000000628. The molecule has 24 heteroatoms. The second-order valence-electron chi connectivity index (χ2n) is 31.5. The summed E-state index contributed by atoms with van der Waals surface area (Å²) >= 11 is 6.49. The van der Waals surface area contributed by atoms with E-state index in [1.807, 2.05) is 60.9 Å². The molecular formula is C84H127Cl4N8O4P4Ru4+3. The van der Waals surface area contributed by atoms with Crippen LogP contribution in [0.25, 0.3) is 28.1 Å². The van der Waals surface area contributed by atoms with Crippen molar-refractivity contribution in [2.75, 3.05) is 13.1 Å². The smallest absolute Gasteiger partial charge is 0.108 e. The van der Waals surface area contributed by atoms with E-state index in [0.717, 1.165) is 78.4 Å². The van der Waals surface area contributed by atoms with E-state index >= 15 is 0 Å². The van der Waals surface area contributed by atoms with Crippen molar-refractivity contribution in [1.29, 1.82) is 0 Å². The quantitative estimate of drug-likeness (QED) is 0.0348.